The van der Waals surface area contributed by atoms with E-state index in [1.54, 1.807) is 6.07 Å². The average molecular weight is 487 g/mol. The molecule has 0 aliphatic heterocycles. The molecule has 0 amide bonds. The number of rotatable bonds is 1. The van der Waals surface area contributed by atoms with E-state index >= 15 is 0 Å². The van der Waals surface area contributed by atoms with E-state index in [0.29, 0.717) is 27.8 Å². The molecule has 4 nitrogen and oxygen atoms in total. The van der Waals surface area contributed by atoms with Crippen LogP contribution in [0.4, 0.5) is 4.39 Å². The molecule has 0 fully saturated rings. The first-order valence-electron chi connectivity index (χ1n) is 11.7. The summed E-state index contributed by atoms with van der Waals surface area (Å²) in [5.41, 5.74) is 9.66. The van der Waals surface area contributed by atoms with Crippen molar-refractivity contribution in [3.05, 3.63) is 141 Å². The maximum atomic E-state index is 14.3. The van der Waals surface area contributed by atoms with Gasteiger partial charge in [0.1, 0.15) is 5.82 Å². The third-order valence-electron chi connectivity index (χ3n) is 7.11. The molecule has 4 aromatic carbocycles. The predicted molar refractivity (Wildman–Crippen MR) is 144 cm³/mol. The molecule has 2 aliphatic rings. The maximum absolute atomic E-state index is 14.3. The molecule has 174 valence electrons. The minimum Gasteiger partial charge on any atom is -0.226 e. The van der Waals surface area contributed by atoms with Crippen molar-refractivity contribution in [2.75, 3.05) is 0 Å². The molecule has 5 heteroatoms. The van der Waals surface area contributed by atoms with Crippen LogP contribution in [0.3, 0.4) is 0 Å². The Morgan fingerprint density at radius 3 is 1.63 bits per heavy atom. The summed E-state index contributed by atoms with van der Waals surface area (Å²) >= 11 is 0. The van der Waals surface area contributed by atoms with Crippen LogP contribution in [0.15, 0.2) is 84.2 Å². The molecule has 4 aromatic rings. The Morgan fingerprint density at radius 1 is 0.605 bits per heavy atom. The third-order valence-corrected chi connectivity index (χ3v) is 7.11. The van der Waals surface area contributed by atoms with Gasteiger partial charge in [-0.25, -0.2) is 24.6 Å². The van der Waals surface area contributed by atoms with Crippen molar-refractivity contribution in [3.63, 3.8) is 0 Å². The van der Waals surface area contributed by atoms with Gasteiger partial charge < -0.3 is 0 Å². The second-order valence-electron chi connectivity index (χ2n) is 9.15. The number of fused-ring (bicyclic) bond motifs is 6. The van der Waals surface area contributed by atoms with Crippen molar-refractivity contribution in [1.82, 2.24) is 0 Å². The summed E-state index contributed by atoms with van der Waals surface area (Å²) in [5, 5.41) is 19.6. The number of aryl methyl sites for hydroxylation is 1. The number of allylic oxidation sites excluding steroid dienone is 2. The van der Waals surface area contributed by atoms with Crippen molar-refractivity contribution in [3.8, 4) is 45.5 Å². The van der Waals surface area contributed by atoms with Crippen LogP contribution in [0.25, 0.3) is 54.2 Å². The Kier molecular flexibility index (Phi) is 5.03. The zero-order chi connectivity index (χ0) is 26.6. The highest BCUT2D eigenvalue weighted by Crippen LogP contribution is 2.54. The van der Waals surface area contributed by atoms with E-state index in [0.717, 1.165) is 44.5 Å². The van der Waals surface area contributed by atoms with Crippen molar-refractivity contribution in [1.29, 1.82) is 10.5 Å². The first kappa shape index (κ1) is 22.7. The van der Waals surface area contributed by atoms with Crippen LogP contribution in [0.2, 0.25) is 0 Å². The lowest BCUT2D eigenvalue weighted by Crippen LogP contribution is -1.91. The zero-order valence-corrected chi connectivity index (χ0v) is 20.1. The molecule has 0 atom stereocenters. The fourth-order valence-electron chi connectivity index (χ4n) is 5.40. The molecule has 0 N–H and O–H groups in total. The van der Waals surface area contributed by atoms with E-state index in [1.165, 1.54) is 12.1 Å². The summed E-state index contributed by atoms with van der Waals surface area (Å²) in [6.45, 7) is 17.3. The number of hydrogen-bond donors (Lipinski definition) is 0. The average Bonchev–Trinajstić information content (AvgIpc) is 3.41. The van der Waals surface area contributed by atoms with Gasteiger partial charge in [0.05, 0.1) is 25.3 Å². The summed E-state index contributed by atoms with van der Waals surface area (Å²) in [6.07, 6.45) is 0. The van der Waals surface area contributed by atoms with Crippen LogP contribution in [-0.4, -0.2) is 0 Å². The first-order valence-corrected chi connectivity index (χ1v) is 11.7. The van der Waals surface area contributed by atoms with Gasteiger partial charge >= 0.3 is 0 Å². The van der Waals surface area contributed by atoms with Gasteiger partial charge in [-0.3, -0.25) is 0 Å². The lowest BCUT2D eigenvalue weighted by Gasteiger charge is -2.09. The Morgan fingerprint density at radius 2 is 1.08 bits per heavy atom. The van der Waals surface area contributed by atoms with E-state index in [9.17, 15) is 14.9 Å². The lowest BCUT2D eigenvalue weighted by molar-refractivity contribution is 0.627. The summed E-state index contributed by atoms with van der Waals surface area (Å²) in [6, 6.07) is 26.4. The number of nitriles is 2. The van der Waals surface area contributed by atoms with Crippen molar-refractivity contribution >= 4 is 11.1 Å². The quantitative estimate of drug-likeness (QED) is 0.174. The van der Waals surface area contributed by atoms with Crippen molar-refractivity contribution in [2.45, 2.75) is 6.92 Å². The molecule has 6 rings (SSSR count). The zero-order valence-electron chi connectivity index (χ0n) is 20.1. The normalized spacial score (nSPS) is 14.6. The summed E-state index contributed by atoms with van der Waals surface area (Å²) in [7, 11) is 0. The molecule has 0 bridgehead atoms. The molecule has 0 saturated carbocycles. The third kappa shape index (κ3) is 3.18. The van der Waals surface area contributed by atoms with Crippen molar-refractivity contribution in [2.24, 2.45) is 0 Å². The van der Waals surface area contributed by atoms with Crippen molar-refractivity contribution < 1.29 is 4.39 Å². The monoisotopic (exact) mass is 486 g/mol. The molecule has 0 heterocycles. The van der Waals surface area contributed by atoms with Gasteiger partial charge in [0.15, 0.2) is 0 Å². The topological polar surface area (TPSA) is 56.3 Å². The summed E-state index contributed by atoms with van der Waals surface area (Å²) in [5.74, 6) is -0.460. The lowest BCUT2D eigenvalue weighted by atomic mass is 9.94. The second-order valence-corrected chi connectivity index (χ2v) is 9.15. The molecule has 2 aliphatic carbocycles. The molecule has 38 heavy (non-hydrogen) atoms. The standard InChI is InChI=1S/C33H15FN4/c1-18-4-6-19(7-5-18)20-8-10-22-24-14-25-23-11-9-21(34)13-27(23)33(31(17-36)38-3)29(25)15-28(24)32(26(22)12-20)30(16-35)37-2/h4-15H,1H3/b32-30+,33-31-. The Hall–Kier alpha value is -5.75. The van der Waals surface area contributed by atoms with Crippen LogP contribution in [-0.2, 0) is 0 Å². The number of halogens is 1. The van der Waals surface area contributed by atoms with E-state index in [-0.39, 0.29) is 11.4 Å². The summed E-state index contributed by atoms with van der Waals surface area (Å²) in [4.78, 5) is 6.96. The van der Waals surface area contributed by atoms with E-state index in [4.69, 9.17) is 13.1 Å². The Balaban J connectivity index is 1.67. The molecular weight excluding hydrogens is 471 g/mol. The molecule has 0 radical (unpaired) electrons. The van der Waals surface area contributed by atoms with Gasteiger partial charge in [-0.2, -0.15) is 0 Å². The first-order chi connectivity index (χ1) is 18.5. The molecule has 0 unspecified atom stereocenters. The molecule has 0 saturated heterocycles. The Bertz CT molecular complexity index is 1930. The van der Waals surface area contributed by atoms with Gasteiger partial charge in [-0.15, -0.1) is 0 Å². The van der Waals surface area contributed by atoms with E-state index in [2.05, 4.69) is 15.8 Å². The SMILES string of the molecule is [C-]#[N+]/C(C#N)=C1/c2cc(F)ccc2-c2cc3c(cc21)/C(=C(\C#N)[N+]#[C-])c1cc(-c2ccc(C)cc2)ccc1-3. The fraction of sp³-hybridized carbons (Fsp3) is 0.0303. The summed E-state index contributed by atoms with van der Waals surface area (Å²) < 4.78 is 14.3. The minimum absolute atomic E-state index is 0.0382. The minimum atomic E-state index is -0.460. The number of nitrogens with zero attached hydrogens (tertiary/aromatic N) is 4. The van der Waals surface area contributed by atoms with Gasteiger partial charge in [-0.05, 0) is 92.9 Å². The molecular formula is C33H15FN4. The van der Waals surface area contributed by atoms with Crippen LogP contribution >= 0.6 is 0 Å². The van der Waals surface area contributed by atoms with Gasteiger partial charge in [0.25, 0.3) is 11.4 Å². The van der Waals surface area contributed by atoms with Crippen LogP contribution < -0.4 is 0 Å². The highest BCUT2D eigenvalue weighted by Gasteiger charge is 2.33. The largest absolute Gasteiger partial charge is 0.270 e. The second kappa shape index (κ2) is 8.43. The van der Waals surface area contributed by atoms with Crippen LogP contribution in [0, 0.1) is 48.5 Å². The highest BCUT2D eigenvalue weighted by atomic mass is 19.1. The molecule has 0 spiro atoms. The van der Waals surface area contributed by atoms with Gasteiger partial charge in [-0.1, -0.05) is 48.0 Å². The number of benzene rings is 4. The molecule has 0 aromatic heterocycles. The smallest absolute Gasteiger partial charge is 0.226 e. The van der Waals surface area contributed by atoms with Gasteiger partial charge in [0.2, 0.25) is 0 Å². The maximum Gasteiger partial charge on any atom is 0.270 e. The highest BCUT2D eigenvalue weighted by molar-refractivity contribution is 6.11. The van der Waals surface area contributed by atoms with E-state index in [1.807, 2.05) is 67.6 Å². The Labute approximate surface area is 219 Å². The number of hydrogen-bond acceptors (Lipinski definition) is 2. The van der Waals surface area contributed by atoms with Gasteiger partial charge in [0, 0.05) is 11.1 Å². The van der Waals surface area contributed by atoms with Crippen LogP contribution in [0.1, 0.15) is 27.8 Å². The van der Waals surface area contributed by atoms with E-state index < -0.39 is 5.82 Å². The predicted octanol–water partition coefficient (Wildman–Crippen LogP) is 8.17. The van der Waals surface area contributed by atoms with Crippen LogP contribution in [0.5, 0.6) is 0 Å². The fourth-order valence-corrected chi connectivity index (χ4v) is 5.40.